The number of amides is 2. The third-order valence-corrected chi connectivity index (χ3v) is 6.19. The van der Waals surface area contributed by atoms with Crippen molar-refractivity contribution in [1.82, 2.24) is 10.6 Å². The third-order valence-electron chi connectivity index (χ3n) is 6.19. The van der Waals surface area contributed by atoms with Crippen LogP contribution < -0.4 is 10.6 Å². The molecule has 1 fully saturated rings. The molecule has 2 aliphatic carbocycles. The number of fused-ring (bicyclic) bond motifs is 3. The molecule has 7 nitrogen and oxygen atoms in total. The van der Waals surface area contributed by atoms with E-state index >= 15 is 0 Å². The molecule has 0 radical (unpaired) electrons. The van der Waals surface area contributed by atoms with E-state index in [1.165, 1.54) is 0 Å². The van der Waals surface area contributed by atoms with Gasteiger partial charge in [-0.3, -0.25) is 9.59 Å². The minimum Gasteiger partial charge on any atom is -0.481 e. The van der Waals surface area contributed by atoms with Gasteiger partial charge in [0, 0.05) is 12.0 Å². The minimum absolute atomic E-state index is 0.0556. The van der Waals surface area contributed by atoms with Crippen LogP contribution in [-0.4, -0.2) is 41.3 Å². The molecule has 0 saturated heterocycles. The Bertz CT molecular complexity index is 969. The van der Waals surface area contributed by atoms with Crippen molar-refractivity contribution >= 4 is 18.0 Å². The third kappa shape index (κ3) is 4.13. The van der Waals surface area contributed by atoms with Gasteiger partial charge in [0.05, 0.1) is 6.42 Å². The minimum atomic E-state index is -1.03. The maximum atomic E-state index is 12.7. The summed E-state index contributed by atoms with van der Waals surface area (Å²) in [5.41, 5.74) is 3.50. The number of nitrogens with one attached hydrogen (secondary N) is 2. The maximum Gasteiger partial charge on any atom is 0.408 e. The summed E-state index contributed by atoms with van der Waals surface area (Å²) in [5.74, 6) is -1.40. The van der Waals surface area contributed by atoms with Gasteiger partial charge in [0.2, 0.25) is 5.91 Å². The summed E-state index contributed by atoms with van der Waals surface area (Å²) in [4.78, 5) is 36.1. The predicted octanol–water partition coefficient (Wildman–Crippen LogP) is 3.43. The van der Waals surface area contributed by atoms with Crippen LogP contribution in [0, 0.1) is 0 Å². The molecule has 0 heterocycles. The highest BCUT2D eigenvalue weighted by Gasteiger charge is 2.46. The molecule has 0 aliphatic heterocycles. The van der Waals surface area contributed by atoms with E-state index in [0.29, 0.717) is 12.8 Å². The number of alkyl carbamates (subject to hydrolysis) is 1. The molecule has 2 aromatic rings. The molecule has 3 N–H and O–H groups in total. The van der Waals surface area contributed by atoms with E-state index in [4.69, 9.17) is 9.84 Å². The van der Waals surface area contributed by atoms with E-state index in [1.54, 1.807) is 6.92 Å². The maximum absolute atomic E-state index is 12.7. The second-order valence-electron chi connectivity index (χ2n) is 8.36. The largest absolute Gasteiger partial charge is 0.481 e. The number of carbonyl (C=O) groups excluding carboxylic acids is 2. The number of rotatable bonds is 7. The molecule has 2 aliphatic rings. The van der Waals surface area contributed by atoms with Gasteiger partial charge in [0.1, 0.15) is 12.1 Å². The standard InChI is InChI=1S/C24H26N2O5/c1-15(13-21(27)28)25-22(29)24(11-6-12-24)26-23(30)31-14-20-18-9-4-2-7-16(18)17-8-3-5-10-19(17)20/h2-5,7-10,15,20H,6,11-14H2,1H3,(H,25,29)(H,26,30)(H,27,28)/t15-/m1/s1. The summed E-state index contributed by atoms with van der Waals surface area (Å²) >= 11 is 0. The Balaban J connectivity index is 1.40. The Morgan fingerprint density at radius 1 is 1.06 bits per heavy atom. The van der Waals surface area contributed by atoms with Crippen molar-refractivity contribution in [3.8, 4) is 11.1 Å². The molecule has 1 saturated carbocycles. The van der Waals surface area contributed by atoms with Crippen LogP contribution in [0.15, 0.2) is 48.5 Å². The first-order chi connectivity index (χ1) is 14.9. The van der Waals surface area contributed by atoms with Crippen LogP contribution >= 0.6 is 0 Å². The second kappa shape index (κ2) is 8.41. The van der Waals surface area contributed by atoms with Crippen LogP contribution in [0.5, 0.6) is 0 Å². The lowest BCUT2D eigenvalue weighted by Gasteiger charge is -2.40. The Kier molecular flexibility index (Phi) is 5.67. The van der Waals surface area contributed by atoms with Crippen molar-refractivity contribution in [3.05, 3.63) is 59.7 Å². The first kappa shape index (κ1) is 20.9. The number of benzene rings is 2. The van der Waals surface area contributed by atoms with Crippen LogP contribution in [0.1, 0.15) is 49.7 Å². The fourth-order valence-corrected chi connectivity index (χ4v) is 4.44. The van der Waals surface area contributed by atoms with E-state index in [2.05, 4.69) is 22.8 Å². The molecule has 0 unspecified atom stereocenters. The Morgan fingerprint density at radius 3 is 2.16 bits per heavy atom. The van der Waals surface area contributed by atoms with Crippen molar-refractivity contribution < 1.29 is 24.2 Å². The number of hydrogen-bond donors (Lipinski definition) is 3. The summed E-state index contributed by atoms with van der Waals surface area (Å²) in [6.07, 6.45) is 1.01. The van der Waals surface area contributed by atoms with Crippen molar-refractivity contribution in [2.75, 3.05) is 6.61 Å². The average Bonchev–Trinajstić information content (AvgIpc) is 3.02. The van der Waals surface area contributed by atoms with E-state index in [0.717, 1.165) is 28.7 Å². The molecule has 2 aromatic carbocycles. The van der Waals surface area contributed by atoms with Crippen LogP contribution in [0.25, 0.3) is 11.1 Å². The smallest absolute Gasteiger partial charge is 0.408 e. The second-order valence-corrected chi connectivity index (χ2v) is 8.36. The number of carboxylic acids is 1. The molecule has 0 aromatic heterocycles. The van der Waals surface area contributed by atoms with Crippen molar-refractivity contribution in [2.24, 2.45) is 0 Å². The Hall–Kier alpha value is -3.35. The van der Waals surface area contributed by atoms with Gasteiger partial charge in [-0.15, -0.1) is 0 Å². The van der Waals surface area contributed by atoms with Gasteiger partial charge in [-0.1, -0.05) is 48.5 Å². The molecule has 2 amide bonds. The molecule has 4 rings (SSSR count). The zero-order chi connectivity index (χ0) is 22.0. The van der Waals surface area contributed by atoms with Gasteiger partial charge in [0.25, 0.3) is 0 Å². The van der Waals surface area contributed by atoms with Crippen molar-refractivity contribution in [3.63, 3.8) is 0 Å². The lowest BCUT2D eigenvalue weighted by atomic mass is 9.76. The topological polar surface area (TPSA) is 105 Å². The fourth-order valence-electron chi connectivity index (χ4n) is 4.44. The molecule has 0 spiro atoms. The normalized spacial score (nSPS) is 16.9. The lowest BCUT2D eigenvalue weighted by Crippen LogP contribution is -2.64. The van der Waals surface area contributed by atoms with Crippen LogP contribution in [0.2, 0.25) is 0 Å². The number of carboxylic acid groups (broad SMARTS) is 1. The average molecular weight is 422 g/mol. The fraction of sp³-hybridized carbons (Fsp3) is 0.375. The summed E-state index contributed by atoms with van der Waals surface area (Å²) in [5, 5.41) is 14.3. The summed E-state index contributed by atoms with van der Waals surface area (Å²) in [7, 11) is 0. The predicted molar refractivity (Wildman–Crippen MR) is 115 cm³/mol. The molecule has 162 valence electrons. The van der Waals surface area contributed by atoms with Gasteiger partial charge < -0.3 is 20.5 Å². The highest BCUT2D eigenvalue weighted by molar-refractivity contribution is 5.91. The van der Waals surface area contributed by atoms with E-state index in [1.807, 2.05) is 36.4 Å². The number of ether oxygens (including phenoxy) is 1. The van der Waals surface area contributed by atoms with Crippen LogP contribution in [0.4, 0.5) is 4.79 Å². The summed E-state index contributed by atoms with van der Waals surface area (Å²) in [6, 6.07) is 15.7. The first-order valence-electron chi connectivity index (χ1n) is 10.6. The van der Waals surface area contributed by atoms with Gasteiger partial charge in [-0.05, 0) is 48.4 Å². The highest BCUT2D eigenvalue weighted by atomic mass is 16.5. The summed E-state index contributed by atoms with van der Waals surface area (Å²) in [6.45, 7) is 1.80. The number of carbonyl (C=O) groups is 3. The monoisotopic (exact) mass is 422 g/mol. The lowest BCUT2D eigenvalue weighted by molar-refractivity contribution is -0.138. The highest BCUT2D eigenvalue weighted by Crippen LogP contribution is 2.44. The van der Waals surface area contributed by atoms with Crippen molar-refractivity contribution in [2.45, 2.75) is 50.1 Å². The number of aliphatic carboxylic acids is 1. The Morgan fingerprint density at radius 2 is 1.65 bits per heavy atom. The van der Waals surface area contributed by atoms with E-state index in [9.17, 15) is 14.4 Å². The van der Waals surface area contributed by atoms with Crippen LogP contribution in [-0.2, 0) is 14.3 Å². The van der Waals surface area contributed by atoms with Crippen LogP contribution in [0.3, 0.4) is 0 Å². The molecule has 1 atom stereocenters. The van der Waals surface area contributed by atoms with E-state index < -0.39 is 23.6 Å². The van der Waals surface area contributed by atoms with Crippen molar-refractivity contribution in [1.29, 1.82) is 0 Å². The van der Waals surface area contributed by atoms with Gasteiger partial charge >= 0.3 is 12.1 Å². The van der Waals surface area contributed by atoms with Gasteiger partial charge in [-0.2, -0.15) is 0 Å². The SMILES string of the molecule is C[C@H](CC(=O)O)NC(=O)C1(NC(=O)OCC2c3ccccc3-c3ccccc32)CCC1. The van der Waals surface area contributed by atoms with Gasteiger partial charge in [0.15, 0.2) is 0 Å². The van der Waals surface area contributed by atoms with Gasteiger partial charge in [-0.25, -0.2) is 4.79 Å². The Labute approximate surface area is 180 Å². The molecule has 0 bridgehead atoms. The number of hydrogen-bond acceptors (Lipinski definition) is 4. The zero-order valence-electron chi connectivity index (χ0n) is 17.4. The summed E-state index contributed by atoms with van der Waals surface area (Å²) < 4.78 is 5.57. The zero-order valence-corrected chi connectivity index (χ0v) is 17.4. The molecular formula is C24H26N2O5. The first-order valence-corrected chi connectivity index (χ1v) is 10.6. The molecule has 7 heteroatoms. The quantitative estimate of drug-likeness (QED) is 0.634. The molecular weight excluding hydrogens is 396 g/mol. The molecule has 31 heavy (non-hydrogen) atoms. The van der Waals surface area contributed by atoms with E-state index in [-0.39, 0.29) is 24.9 Å².